The van der Waals surface area contributed by atoms with Gasteiger partial charge in [-0.3, -0.25) is 9.59 Å². The van der Waals surface area contributed by atoms with E-state index in [0.29, 0.717) is 29.2 Å². The van der Waals surface area contributed by atoms with E-state index in [0.717, 1.165) is 0 Å². The number of hydrogen-bond donors (Lipinski definition) is 0. The highest BCUT2D eigenvalue weighted by atomic mass is 32.2. The summed E-state index contributed by atoms with van der Waals surface area (Å²) in [6.07, 6.45) is 0.00527. The number of benzene rings is 2. The lowest BCUT2D eigenvalue weighted by atomic mass is 9.97. The van der Waals surface area contributed by atoms with Crippen molar-refractivity contribution >= 4 is 27.8 Å². The third-order valence-electron chi connectivity index (χ3n) is 4.15. The molecule has 0 bridgehead atoms. The van der Waals surface area contributed by atoms with Crippen molar-refractivity contribution in [2.75, 3.05) is 18.0 Å². The molecule has 1 aliphatic heterocycles. The molecule has 2 atom stereocenters. The lowest BCUT2D eigenvalue weighted by Gasteiger charge is -2.33. The van der Waals surface area contributed by atoms with Gasteiger partial charge in [-0.05, 0) is 42.8 Å². The van der Waals surface area contributed by atoms with Gasteiger partial charge in [0, 0.05) is 5.56 Å². The van der Waals surface area contributed by atoms with Crippen molar-refractivity contribution < 1.29 is 23.3 Å². The fourth-order valence-corrected chi connectivity index (χ4v) is 4.29. The van der Waals surface area contributed by atoms with E-state index in [-0.39, 0.29) is 11.5 Å². The van der Waals surface area contributed by atoms with Gasteiger partial charge in [0.2, 0.25) is 0 Å². The van der Waals surface area contributed by atoms with Crippen LogP contribution in [0.5, 0.6) is 5.75 Å². The first kappa shape index (κ1) is 18.1. The van der Waals surface area contributed by atoms with E-state index in [1.165, 1.54) is 7.11 Å². The number of carbonyl (C=O) groups excluding carboxylic acids is 2. The number of rotatable bonds is 5. The number of carbonyl (C=O) groups is 2. The minimum absolute atomic E-state index is 0.00527. The number of ether oxygens (including phenoxy) is 2. The molecule has 2 aromatic carbocycles. The Balaban J connectivity index is 2.15. The Morgan fingerprint density at radius 3 is 2.62 bits per heavy atom. The molecule has 0 spiro atoms. The maximum atomic E-state index is 12.7. The second kappa shape index (κ2) is 7.70. The molecule has 0 saturated heterocycles. The summed E-state index contributed by atoms with van der Waals surface area (Å²) in [7, 11) is -0.379. The summed E-state index contributed by atoms with van der Waals surface area (Å²) in [6.45, 7) is 2.36. The van der Waals surface area contributed by atoms with Gasteiger partial charge in [-0.25, -0.2) is 8.51 Å². The summed E-state index contributed by atoms with van der Waals surface area (Å²) in [5.74, 6) is 0.191. The van der Waals surface area contributed by atoms with E-state index in [4.69, 9.17) is 9.47 Å². The molecule has 0 fully saturated rings. The van der Waals surface area contributed by atoms with Crippen LogP contribution in [0.15, 0.2) is 48.5 Å². The zero-order valence-corrected chi connectivity index (χ0v) is 15.4. The molecule has 136 valence electrons. The SMILES string of the molecule is CCOc1ccc2c(c1)C(CC(=O)OC)N(c1ccccc1)S(=[OH+])C2=O. The van der Waals surface area contributed by atoms with Gasteiger partial charge in [0.25, 0.3) is 0 Å². The maximum absolute atomic E-state index is 12.7. The van der Waals surface area contributed by atoms with Crippen molar-refractivity contribution in [1.82, 2.24) is 0 Å². The monoisotopic (exact) mass is 374 g/mol. The van der Waals surface area contributed by atoms with Crippen molar-refractivity contribution in [1.29, 1.82) is 0 Å². The van der Waals surface area contributed by atoms with Gasteiger partial charge in [-0.15, -0.1) is 0 Å². The van der Waals surface area contributed by atoms with Gasteiger partial charge < -0.3 is 9.47 Å². The molecule has 0 amide bonds. The molecule has 1 N–H and O–H groups in total. The highest BCUT2D eigenvalue weighted by Crippen LogP contribution is 2.40. The number of esters is 1. The first-order valence-corrected chi connectivity index (χ1v) is 9.36. The van der Waals surface area contributed by atoms with Gasteiger partial charge >= 0.3 is 22.1 Å². The Labute approximate surface area is 154 Å². The van der Waals surface area contributed by atoms with Crippen LogP contribution >= 0.6 is 0 Å². The molecule has 26 heavy (non-hydrogen) atoms. The van der Waals surface area contributed by atoms with Gasteiger partial charge in [0.15, 0.2) is 0 Å². The van der Waals surface area contributed by atoms with E-state index in [1.807, 2.05) is 25.1 Å². The summed E-state index contributed by atoms with van der Waals surface area (Å²) in [5, 5.41) is -0.381. The third kappa shape index (κ3) is 3.35. The Bertz CT molecular complexity index is 852. The second-order valence-corrected chi connectivity index (χ2v) is 6.98. The molecule has 0 saturated carbocycles. The van der Waals surface area contributed by atoms with Crippen LogP contribution in [0.2, 0.25) is 0 Å². The van der Waals surface area contributed by atoms with E-state index in [9.17, 15) is 13.8 Å². The van der Waals surface area contributed by atoms with Crippen molar-refractivity contribution in [3.8, 4) is 5.75 Å². The number of para-hydroxylation sites is 1. The van der Waals surface area contributed by atoms with E-state index in [2.05, 4.69) is 0 Å². The quantitative estimate of drug-likeness (QED) is 0.595. The molecule has 0 aromatic heterocycles. The molecule has 7 heteroatoms. The molecule has 1 heterocycles. The zero-order valence-electron chi connectivity index (χ0n) is 14.5. The lowest BCUT2D eigenvalue weighted by Crippen LogP contribution is -2.41. The van der Waals surface area contributed by atoms with E-state index in [1.54, 1.807) is 34.6 Å². The number of fused-ring (bicyclic) bond motifs is 1. The number of methoxy groups -OCH3 is 1. The zero-order chi connectivity index (χ0) is 18.7. The normalized spacial score (nSPS) is 19.0. The lowest BCUT2D eigenvalue weighted by molar-refractivity contribution is -0.141. The highest BCUT2D eigenvalue weighted by molar-refractivity contribution is 8.02. The topological polar surface area (TPSA) is 77.2 Å². The molecule has 0 radical (unpaired) electrons. The Hall–Kier alpha value is -2.67. The first-order valence-electron chi connectivity index (χ1n) is 8.22. The summed E-state index contributed by atoms with van der Waals surface area (Å²) in [5.41, 5.74) is 1.71. The summed E-state index contributed by atoms with van der Waals surface area (Å²) < 4.78 is 22.6. The Morgan fingerprint density at radius 1 is 1.23 bits per heavy atom. The first-order chi connectivity index (χ1) is 12.6. The number of anilines is 1. The Kier molecular flexibility index (Phi) is 5.37. The van der Waals surface area contributed by atoms with Crippen molar-refractivity contribution in [2.24, 2.45) is 0 Å². The van der Waals surface area contributed by atoms with E-state index < -0.39 is 23.0 Å². The average molecular weight is 374 g/mol. The highest BCUT2D eigenvalue weighted by Gasteiger charge is 2.44. The third-order valence-corrected chi connectivity index (χ3v) is 5.54. The molecule has 3 rings (SSSR count). The molecule has 6 nitrogen and oxygen atoms in total. The van der Waals surface area contributed by atoms with Crippen LogP contribution < -0.4 is 9.04 Å². The minimum atomic E-state index is -1.70. The largest absolute Gasteiger partial charge is 0.494 e. The van der Waals surface area contributed by atoms with Gasteiger partial charge in [-0.2, -0.15) is 0 Å². The number of hydrogen-bond acceptors (Lipinski definition) is 4. The molecule has 2 aromatic rings. The second-order valence-electron chi connectivity index (χ2n) is 5.69. The standard InChI is InChI=1S/C19H19NO5S/c1-3-25-14-9-10-15-16(11-14)17(12-18(21)24-2)20(26(23)19(15)22)13-7-5-4-6-8-13/h4-11,17H,3,12H2,1-2H3/p+1. The Morgan fingerprint density at radius 2 is 1.96 bits per heavy atom. The van der Waals surface area contributed by atoms with Crippen molar-refractivity contribution in [3.63, 3.8) is 0 Å². The van der Waals surface area contributed by atoms with Crippen LogP contribution in [-0.4, -0.2) is 29.0 Å². The molecule has 1 aliphatic rings. The van der Waals surface area contributed by atoms with Crippen LogP contribution in [0.25, 0.3) is 0 Å². The van der Waals surface area contributed by atoms with Gasteiger partial charge in [0.05, 0.1) is 31.9 Å². The van der Waals surface area contributed by atoms with Crippen LogP contribution in [0.4, 0.5) is 5.69 Å². The van der Waals surface area contributed by atoms with E-state index >= 15 is 0 Å². The van der Waals surface area contributed by atoms with Crippen LogP contribution in [0.3, 0.4) is 0 Å². The summed E-state index contributed by atoms with van der Waals surface area (Å²) in [6, 6.07) is 13.6. The van der Waals surface area contributed by atoms with Gasteiger partial charge in [0.1, 0.15) is 5.75 Å². The molecule has 2 unspecified atom stereocenters. The molecular weight excluding hydrogens is 354 g/mol. The van der Waals surface area contributed by atoms with Gasteiger partial charge in [-0.1, -0.05) is 18.2 Å². The fraction of sp³-hybridized carbons (Fsp3) is 0.263. The van der Waals surface area contributed by atoms with Crippen molar-refractivity contribution in [3.05, 3.63) is 59.7 Å². The fourth-order valence-electron chi connectivity index (χ4n) is 2.98. The van der Waals surface area contributed by atoms with Crippen LogP contribution in [-0.2, 0) is 20.5 Å². The smallest absolute Gasteiger partial charge is 0.367 e. The van der Waals surface area contributed by atoms with Crippen molar-refractivity contribution in [2.45, 2.75) is 19.4 Å². The summed E-state index contributed by atoms with van der Waals surface area (Å²) in [4.78, 5) is 24.8. The predicted octanol–water partition coefficient (Wildman–Crippen LogP) is 3.17. The number of nitrogens with zero attached hydrogens (tertiary/aromatic N) is 1. The molecular formula is C19H20NO5S+. The predicted molar refractivity (Wildman–Crippen MR) is 99.5 cm³/mol. The minimum Gasteiger partial charge on any atom is -0.494 e. The molecule has 0 aliphatic carbocycles. The van der Waals surface area contributed by atoms with Crippen LogP contribution in [0, 0.1) is 0 Å². The average Bonchev–Trinajstić information content (AvgIpc) is 2.67. The summed E-state index contributed by atoms with van der Waals surface area (Å²) >= 11 is 0. The maximum Gasteiger partial charge on any atom is 0.367 e. The van der Waals surface area contributed by atoms with Crippen LogP contribution in [0.1, 0.15) is 35.3 Å².